The number of fused-ring (bicyclic) bond motifs is 2. The summed E-state index contributed by atoms with van der Waals surface area (Å²) in [4.78, 5) is 12.4. The molecule has 0 saturated heterocycles. The quantitative estimate of drug-likeness (QED) is 0.654. The molecule has 3 aliphatic rings. The molecule has 0 aliphatic heterocycles. The Kier molecular flexibility index (Phi) is 5.07. The number of sulfone groups is 1. The molecule has 3 aliphatic carbocycles. The van der Waals surface area contributed by atoms with E-state index in [1.54, 1.807) is 6.92 Å². The Balaban J connectivity index is 1.58. The topological polar surface area (TPSA) is 104 Å². The van der Waals surface area contributed by atoms with E-state index in [1.807, 2.05) is 0 Å². The van der Waals surface area contributed by atoms with Gasteiger partial charge in [0, 0.05) is 17.3 Å². The standard InChI is InChI=1S/C21H21ClFNO5S/c1-21(27)12-7-13(21)9-15(8-12)30(28,29)19-6-11(2-4-16(19)22)20(26)24-14-3-5-17(23)18(25)10-14/h2-6,10,12-13,15,25,27H,7-9H2,1H3,(H,24,26). The van der Waals surface area contributed by atoms with Crippen LogP contribution in [-0.2, 0) is 9.84 Å². The van der Waals surface area contributed by atoms with Gasteiger partial charge in [0.1, 0.15) is 0 Å². The first kappa shape index (κ1) is 21.1. The lowest BCUT2D eigenvalue weighted by atomic mass is 9.54. The van der Waals surface area contributed by atoms with E-state index >= 15 is 0 Å². The molecule has 3 saturated carbocycles. The van der Waals surface area contributed by atoms with Crippen molar-refractivity contribution in [2.75, 3.05) is 5.32 Å². The highest BCUT2D eigenvalue weighted by molar-refractivity contribution is 7.92. The maximum atomic E-state index is 13.2. The van der Waals surface area contributed by atoms with E-state index < -0.39 is 38.2 Å². The number of amides is 1. The van der Waals surface area contributed by atoms with Gasteiger partial charge in [-0.3, -0.25) is 4.79 Å². The SMILES string of the molecule is CC1(O)C2CC1CC(S(=O)(=O)c1cc(C(=O)Nc3ccc(F)c(O)c3)ccc1Cl)C2. The molecular formula is C21H21ClFNO5S. The van der Waals surface area contributed by atoms with Crippen LogP contribution in [0, 0.1) is 17.7 Å². The Morgan fingerprint density at radius 2 is 1.83 bits per heavy atom. The van der Waals surface area contributed by atoms with Crippen LogP contribution in [0.15, 0.2) is 41.3 Å². The molecule has 0 spiro atoms. The fraction of sp³-hybridized carbons (Fsp3) is 0.381. The zero-order valence-corrected chi connectivity index (χ0v) is 17.7. The first-order valence-corrected chi connectivity index (χ1v) is 11.5. The molecule has 30 heavy (non-hydrogen) atoms. The van der Waals surface area contributed by atoms with Gasteiger partial charge < -0.3 is 15.5 Å². The van der Waals surface area contributed by atoms with Gasteiger partial charge >= 0.3 is 0 Å². The van der Waals surface area contributed by atoms with Crippen LogP contribution in [0.1, 0.15) is 36.5 Å². The highest BCUT2D eigenvalue weighted by atomic mass is 35.5. The number of hydrogen-bond donors (Lipinski definition) is 3. The minimum Gasteiger partial charge on any atom is -0.505 e. The Labute approximate surface area is 178 Å². The Bertz CT molecular complexity index is 1120. The van der Waals surface area contributed by atoms with Crippen LogP contribution in [0.4, 0.5) is 10.1 Å². The van der Waals surface area contributed by atoms with Gasteiger partial charge in [0.15, 0.2) is 21.4 Å². The van der Waals surface area contributed by atoms with Gasteiger partial charge in [-0.1, -0.05) is 11.6 Å². The third kappa shape index (κ3) is 3.46. The predicted molar refractivity (Wildman–Crippen MR) is 110 cm³/mol. The summed E-state index contributed by atoms with van der Waals surface area (Å²) in [7, 11) is -3.80. The van der Waals surface area contributed by atoms with Crippen molar-refractivity contribution in [2.45, 2.75) is 41.9 Å². The zero-order chi connectivity index (χ0) is 21.8. The number of phenolic OH excluding ortho intramolecular Hbond substituents is 1. The molecule has 2 atom stereocenters. The normalized spacial score (nSPS) is 27.9. The van der Waals surface area contributed by atoms with E-state index in [1.165, 1.54) is 24.3 Å². The number of hydrogen-bond acceptors (Lipinski definition) is 5. The number of benzene rings is 2. The van der Waals surface area contributed by atoms with Crippen LogP contribution < -0.4 is 5.32 Å². The lowest BCUT2D eigenvalue weighted by molar-refractivity contribution is -0.162. The van der Waals surface area contributed by atoms with Gasteiger partial charge in [-0.25, -0.2) is 12.8 Å². The highest BCUT2D eigenvalue weighted by Crippen LogP contribution is 2.55. The summed E-state index contributed by atoms with van der Waals surface area (Å²) in [5, 5.41) is 21.7. The van der Waals surface area contributed by atoms with Gasteiger partial charge in [0.25, 0.3) is 5.91 Å². The lowest BCUT2D eigenvalue weighted by Gasteiger charge is -2.56. The fourth-order valence-corrected chi connectivity index (χ4v) is 6.88. The second-order valence-electron chi connectivity index (χ2n) is 8.26. The summed E-state index contributed by atoms with van der Waals surface area (Å²) in [6.07, 6.45) is 1.53. The molecular weight excluding hydrogens is 433 g/mol. The fourth-order valence-electron chi connectivity index (χ4n) is 4.48. The molecule has 6 nitrogen and oxygen atoms in total. The Morgan fingerprint density at radius 3 is 2.43 bits per heavy atom. The van der Waals surface area contributed by atoms with Crippen molar-refractivity contribution in [3.8, 4) is 5.75 Å². The molecule has 0 radical (unpaired) electrons. The molecule has 2 bridgehead atoms. The number of nitrogens with one attached hydrogen (secondary N) is 1. The largest absolute Gasteiger partial charge is 0.505 e. The molecule has 3 N–H and O–H groups in total. The molecule has 2 aromatic carbocycles. The monoisotopic (exact) mass is 453 g/mol. The van der Waals surface area contributed by atoms with Crippen molar-refractivity contribution in [1.82, 2.24) is 0 Å². The zero-order valence-electron chi connectivity index (χ0n) is 16.1. The summed E-state index contributed by atoms with van der Waals surface area (Å²) < 4.78 is 39.6. The smallest absolute Gasteiger partial charge is 0.255 e. The Morgan fingerprint density at radius 1 is 1.17 bits per heavy atom. The number of carbonyl (C=O) groups excluding carboxylic acids is 1. The molecule has 2 aromatic rings. The van der Waals surface area contributed by atoms with Gasteiger partial charge in [-0.05, 0) is 68.4 Å². The van der Waals surface area contributed by atoms with Crippen LogP contribution in [0.2, 0.25) is 5.02 Å². The van der Waals surface area contributed by atoms with Crippen LogP contribution in [0.3, 0.4) is 0 Å². The van der Waals surface area contributed by atoms with E-state index in [4.69, 9.17) is 11.6 Å². The van der Waals surface area contributed by atoms with Crippen LogP contribution >= 0.6 is 11.6 Å². The summed E-state index contributed by atoms with van der Waals surface area (Å²) in [5.41, 5.74) is -0.597. The molecule has 1 amide bonds. The van der Waals surface area contributed by atoms with E-state index in [9.17, 15) is 27.8 Å². The van der Waals surface area contributed by atoms with E-state index in [0.29, 0.717) is 12.8 Å². The van der Waals surface area contributed by atoms with Crippen molar-refractivity contribution in [1.29, 1.82) is 0 Å². The van der Waals surface area contributed by atoms with E-state index in [2.05, 4.69) is 5.32 Å². The number of rotatable bonds is 4. The van der Waals surface area contributed by atoms with Crippen molar-refractivity contribution >= 4 is 33.0 Å². The molecule has 3 fully saturated rings. The summed E-state index contributed by atoms with van der Waals surface area (Å²) in [6.45, 7) is 1.75. The number of carbonyl (C=O) groups is 1. The number of aliphatic hydroxyl groups is 1. The van der Waals surface area contributed by atoms with Gasteiger partial charge in [-0.15, -0.1) is 0 Å². The van der Waals surface area contributed by atoms with Crippen LogP contribution in [0.25, 0.3) is 0 Å². The van der Waals surface area contributed by atoms with Gasteiger partial charge in [0.05, 0.1) is 20.8 Å². The van der Waals surface area contributed by atoms with Crippen molar-refractivity contribution in [2.24, 2.45) is 11.8 Å². The minimum absolute atomic E-state index is 0.0250. The van der Waals surface area contributed by atoms with Gasteiger partial charge in [-0.2, -0.15) is 0 Å². The number of phenols is 1. The second-order valence-corrected chi connectivity index (χ2v) is 10.9. The molecule has 9 heteroatoms. The average molecular weight is 454 g/mol. The predicted octanol–water partition coefficient (Wildman–Crippen LogP) is 3.76. The van der Waals surface area contributed by atoms with Crippen LogP contribution in [0.5, 0.6) is 5.75 Å². The molecule has 5 rings (SSSR count). The molecule has 2 unspecified atom stereocenters. The van der Waals surface area contributed by atoms with E-state index in [-0.39, 0.29) is 33.0 Å². The average Bonchev–Trinajstić information content (AvgIpc) is 2.70. The molecule has 0 heterocycles. The van der Waals surface area contributed by atoms with E-state index in [0.717, 1.165) is 18.6 Å². The van der Waals surface area contributed by atoms with Crippen LogP contribution in [-0.4, -0.2) is 35.4 Å². The third-order valence-corrected chi connectivity index (χ3v) is 9.11. The Hall–Kier alpha value is -2.16. The van der Waals surface area contributed by atoms with Crippen molar-refractivity contribution in [3.63, 3.8) is 0 Å². The summed E-state index contributed by atoms with van der Waals surface area (Å²) >= 11 is 6.17. The number of anilines is 1. The maximum Gasteiger partial charge on any atom is 0.255 e. The lowest BCUT2D eigenvalue weighted by Crippen LogP contribution is -2.60. The third-order valence-electron chi connectivity index (χ3n) is 6.46. The summed E-state index contributed by atoms with van der Waals surface area (Å²) in [5.74, 6) is -2.18. The highest BCUT2D eigenvalue weighted by Gasteiger charge is 2.57. The van der Waals surface area contributed by atoms with Crippen molar-refractivity contribution < 1.29 is 27.8 Å². The van der Waals surface area contributed by atoms with Gasteiger partial charge in [0.2, 0.25) is 0 Å². The summed E-state index contributed by atoms with van der Waals surface area (Å²) in [6, 6.07) is 7.32. The number of aromatic hydroxyl groups is 1. The second kappa shape index (κ2) is 7.21. The van der Waals surface area contributed by atoms with Crippen molar-refractivity contribution in [3.05, 3.63) is 52.8 Å². The minimum atomic E-state index is -3.80. The maximum absolute atomic E-state index is 13.2. The first-order valence-electron chi connectivity index (χ1n) is 9.56. The molecule has 0 aromatic heterocycles. The number of halogens is 2. The molecule has 160 valence electrons. The first-order chi connectivity index (χ1) is 14.0.